The molecule has 12 heteroatoms. The van der Waals surface area contributed by atoms with Crippen LogP contribution >= 0.6 is 0 Å². The number of anilines is 2. The van der Waals surface area contributed by atoms with E-state index < -0.39 is 11.9 Å². The Morgan fingerprint density at radius 2 is 1.64 bits per heavy atom. The molecule has 1 atom stereocenters. The van der Waals surface area contributed by atoms with Crippen LogP contribution in [0.1, 0.15) is 31.2 Å². The standard InChI is InChI=1S/C33H40N10O2/c34-21-23-3-7-26(8-4-23)32(44)43(28-11-9-25(10-12-28)31-38-40-41-39-31)33(45)29(35)19-22-1-5-24(6-2-22)27-13-14-37-30(20-27)42-17-15-36-16-18-42/h1-2,5-6,9-14,20,23,26,29,36H,3-4,7-8,15-19,21,34-35H2,(H,38,39,40,41)/t23?,26?,29-/m0/s1. The number of nitrogens with zero attached hydrogens (tertiary/aromatic N) is 6. The minimum absolute atomic E-state index is 0.216. The van der Waals surface area contributed by atoms with E-state index in [9.17, 15) is 9.59 Å². The van der Waals surface area contributed by atoms with Crippen LogP contribution in [-0.2, 0) is 16.0 Å². The second-order valence-corrected chi connectivity index (χ2v) is 11.9. The zero-order valence-electron chi connectivity index (χ0n) is 25.3. The lowest BCUT2D eigenvalue weighted by molar-refractivity contribution is -0.130. The van der Waals surface area contributed by atoms with Crippen LogP contribution in [-0.4, -0.2) is 76.2 Å². The van der Waals surface area contributed by atoms with E-state index in [-0.39, 0.29) is 11.8 Å². The third kappa shape index (κ3) is 7.08. The summed E-state index contributed by atoms with van der Waals surface area (Å²) in [6.45, 7) is 4.37. The SMILES string of the molecule is NCC1CCC(C(=O)N(C(=O)[C@@H](N)Cc2ccc(-c3ccnc(N4CCNCC4)c3)cc2)c2ccc(-c3nn[nH]n3)cc2)CC1. The van der Waals surface area contributed by atoms with E-state index in [1.807, 2.05) is 36.5 Å². The Kier molecular flexibility index (Phi) is 9.53. The Balaban J connectivity index is 1.18. The van der Waals surface area contributed by atoms with Crippen molar-refractivity contribution in [1.29, 1.82) is 0 Å². The van der Waals surface area contributed by atoms with Gasteiger partial charge >= 0.3 is 0 Å². The molecule has 6 rings (SSSR count). The molecule has 0 unspecified atom stereocenters. The van der Waals surface area contributed by atoms with E-state index in [1.165, 1.54) is 4.90 Å². The number of carbonyl (C=O) groups excluding carboxylic acids is 2. The summed E-state index contributed by atoms with van der Waals surface area (Å²) in [5.41, 5.74) is 16.7. The van der Waals surface area contributed by atoms with Gasteiger partial charge in [0.05, 0.1) is 11.7 Å². The van der Waals surface area contributed by atoms with Crippen LogP contribution in [0.15, 0.2) is 66.9 Å². The van der Waals surface area contributed by atoms with Crippen molar-refractivity contribution in [3.63, 3.8) is 0 Å². The third-order valence-electron chi connectivity index (χ3n) is 8.95. The molecule has 1 aliphatic heterocycles. The zero-order chi connectivity index (χ0) is 31.2. The van der Waals surface area contributed by atoms with Crippen molar-refractivity contribution in [1.82, 2.24) is 30.9 Å². The number of rotatable bonds is 9. The number of amides is 2. The summed E-state index contributed by atoms with van der Waals surface area (Å²) in [6, 6.07) is 18.3. The van der Waals surface area contributed by atoms with Gasteiger partial charge in [0.2, 0.25) is 11.7 Å². The summed E-state index contributed by atoms with van der Waals surface area (Å²) in [6.07, 6.45) is 5.29. The lowest BCUT2D eigenvalue weighted by Gasteiger charge is -2.32. The summed E-state index contributed by atoms with van der Waals surface area (Å²) in [5.74, 6) is 0.916. The lowest BCUT2D eigenvalue weighted by Crippen LogP contribution is -2.50. The van der Waals surface area contributed by atoms with E-state index >= 15 is 0 Å². The van der Waals surface area contributed by atoms with Crippen molar-refractivity contribution in [2.24, 2.45) is 23.3 Å². The molecule has 1 saturated carbocycles. The number of tetrazole rings is 1. The fourth-order valence-electron chi connectivity index (χ4n) is 6.24. The fraction of sp³-hybridized carbons (Fsp3) is 0.394. The molecule has 1 aliphatic carbocycles. The fourth-order valence-corrected chi connectivity index (χ4v) is 6.24. The van der Waals surface area contributed by atoms with Gasteiger partial charge in [-0.05, 0) is 103 Å². The van der Waals surface area contributed by atoms with Crippen LogP contribution in [0.2, 0.25) is 0 Å². The van der Waals surface area contributed by atoms with Crippen molar-refractivity contribution in [3.05, 3.63) is 72.4 Å². The number of nitrogens with one attached hydrogen (secondary N) is 2. The molecule has 2 aromatic carbocycles. The van der Waals surface area contributed by atoms with Crippen molar-refractivity contribution >= 4 is 23.3 Å². The van der Waals surface area contributed by atoms with Gasteiger partial charge in [-0.1, -0.05) is 24.3 Å². The van der Waals surface area contributed by atoms with Gasteiger partial charge in [0.1, 0.15) is 5.82 Å². The molecule has 2 aliphatic rings. The first-order valence-corrected chi connectivity index (χ1v) is 15.7. The smallest absolute Gasteiger partial charge is 0.251 e. The highest BCUT2D eigenvalue weighted by molar-refractivity contribution is 6.17. The van der Waals surface area contributed by atoms with Gasteiger partial charge in [0.15, 0.2) is 0 Å². The highest BCUT2D eigenvalue weighted by Gasteiger charge is 2.35. The average molecular weight is 609 g/mol. The molecule has 12 nitrogen and oxygen atoms in total. The predicted octanol–water partition coefficient (Wildman–Crippen LogP) is 2.53. The average Bonchev–Trinajstić information content (AvgIpc) is 3.65. The Morgan fingerprint density at radius 1 is 0.933 bits per heavy atom. The molecule has 1 saturated heterocycles. The molecule has 0 radical (unpaired) electrons. The van der Waals surface area contributed by atoms with Gasteiger partial charge in [-0.15, -0.1) is 10.2 Å². The van der Waals surface area contributed by atoms with Crippen LogP contribution < -0.4 is 26.6 Å². The monoisotopic (exact) mass is 608 g/mol. The number of imide groups is 1. The van der Waals surface area contributed by atoms with Crippen molar-refractivity contribution in [2.75, 3.05) is 42.5 Å². The van der Waals surface area contributed by atoms with E-state index in [4.69, 9.17) is 11.5 Å². The second kappa shape index (κ2) is 14.1. The number of H-pyrrole nitrogens is 1. The molecule has 0 spiro atoms. The maximum absolute atomic E-state index is 13.9. The van der Waals surface area contributed by atoms with Crippen molar-refractivity contribution in [2.45, 2.75) is 38.1 Å². The Bertz CT molecular complexity index is 1560. The summed E-state index contributed by atoms with van der Waals surface area (Å²) >= 11 is 0. The quantitative estimate of drug-likeness (QED) is 0.221. The van der Waals surface area contributed by atoms with Gasteiger partial charge in [-0.2, -0.15) is 5.21 Å². The van der Waals surface area contributed by atoms with E-state index in [0.29, 0.717) is 43.2 Å². The van der Waals surface area contributed by atoms with Crippen LogP contribution in [0.25, 0.3) is 22.5 Å². The number of piperazine rings is 1. The minimum atomic E-state index is -0.905. The topological polar surface area (TPSA) is 172 Å². The molecule has 2 aromatic heterocycles. The molecule has 2 fully saturated rings. The summed E-state index contributed by atoms with van der Waals surface area (Å²) in [7, 11) is 0. The van der Waals surface area contributed by atoms with Gasteiger partial charge in [-0.3, -0.25) is 9.59 Å². The zero-order valence-corrected chi connectivity index (χ0v) is 25.3. The number of nitrogens with two attached hydrogens (primary N) is 2. The maximum Gasteiger partial charge on any atom is 0.251 e. The molecular formula is C33H40N10O2. The molecule has 4 aromatic rings. The highest BCUT2D eigenvalue weighted by Crippen LogP contribution is 2.32. The summed E-state index contributed by atoms with van der Waals surface area (Å²) < 4.78 is 0. The van der Waals surface area contributed by atoms with Crippen LogP contribution in [0, 0.1) is 11.8 Å². The van der Waals surface area contributed by atoms with Crippen LogP contribution in [0.5, 0.6) is 0 Å². The number of aromatic nitrogens is 5. The number of benzene rings is 2. The number of carbonyl (C=O) groups is 2. The number of hydrogen-bond donors (Lipinski definition) is 4. The second-order valence-electron chi connectivity index (χ2n) is 11.9. The third-order valence-corrected chi connectivity index (χ3v) is 8.95. The van der Waals surface area contributed by atoms with Gasteiger partial charge < -0.3 is 21.7 Å². The van der Waals surface area contributed by atoms with E-state index in [0.717, 1.165) is 67.1 Å². The largest absolute Gasteiger partial charge is 0.354 e. The highest BCUT2D eigenvalue weighted by atomic mass is 16.2. The summed E-state index contributed by atoms with van der Waals surface area (Å²) in [4.78, 5) is 36.0. The van der Waals surface area contributed by atoms with E-state index in [2.05, 4.69) is 41.9 Å². The van der Waals surface area contributed by atoms with E-state index in [1.54, 1.807) is 24.3 Å². The van der Waals surface area contributed by atoms with Crippen molar-refractivity contribution < 1.29 is 9.59 Å². The molecule has 0 bridgehead atoms. The number of hydrogen-bond acceptors (Lipinski definition) is 10. The molecular weight excluding hydrogens is 568 g/mol. The first-order chi connectivity index (χ1) is 22.0. The molecule has 234 valence electrons. The van der Waals surface area contributed by atoms with Gasteiger partial charge in [-0.25, -0.2) is 9.88 Å². The maximum atomic E-state index is 13.9. The molecule has 45 heavy (non-hydrogen) atoms. The summed E-state index contributed by atoms with van der Waals surface area (Å²) in [5, 5.41) is 17.4. The first kappa shape index (κ1) is 30.5. The Labute approximate surface area is 262 Å². The molecule has 3 heterocycles. The first-order valence-electron chi connectivity index (χ1n) is 15.7. The molecule has 6 N–H and O–H groups in total. The number of aromatic amines is 1. The van der Waals surface area contributed by atoms with Crippen LogP contribution in [0.3, 0.4) is 0 Å². The van der Waals surface area contributed by atoms with Gasteiger partial charge in [0, 0.05) is 43.9 Å². The van der Waals surface area contributed by atoms with Crippen molar-refractivity contribution in [3.8, 4) is 22.5 Å². The normalized spacial score (nSPS) is 19.2. The van der Waals surface area contributed by atoms with Crippen LogP contribution in [0.4, 0.5) is 11.5 Å². The molecule has 2 amide bonds. The lowest BCUT2D eigenvalue weighted by atomic mass is 9.81. The Morgan fingerprint density at radius 3 is 2.31 bits per heavy atom. The number of pyridine rings is 1. The van der Waals surface area contributed by atoms with Gasteiger partial charge in [0.25, 0.3) is 5.91 Å². The Hall–Kier alpha value is -4.52. The minimum Gasteiger partial charge on any atom is -0.354 e. The predicted molar refractivity (Wildman–Crippen MR) is 173 cm³/mol.